The van der Waals surface area contributed by atoms with E-state index in [1.165, 1.54) is 0 Å². The molecule has 1 aliphatic rings. The van der Waals surface area contributed by atoms with Crippen LogP contribution in [0.2, 0.25) is 0 Å². The van der Waals surface area contributed by atoms with Gasteiger partial charge in [0.05, 0.1) is 24.7 Å². The number of aliphatic carboxylic acids is 1. The Hall–Kier alpha value is -2.34. The summed E-state index contributed by atoms with van der Waals surface area (Å²) >= 11 is 0. The number of H-pyrrole nitrogens is 1. The van der Waals surface area contributed by atoms with Crippen molar-refractivity contribution in [2.24, 2.45) is 0 Å². The van der Waals surface area contributed by atoms with Gasteiger partial charge in [-0.3, -0.25) is 10.1 Å². The Kier molecular flexibility index (Phi) is 3.62. The summed E-state index contributed by atoms with van der Waals surface area (Å²) in [6, 6.07) is 6.80. The van der Waals surface area contributed by atoms with Crippen molar-refractivity contribution in [3.8, 4) is 5.75 Å². The van der Waals surface area contributed by atoms with Gasteiger partial charge in [0, 0.05) is 12.1 Å². The predicted octanol–water partition coefficient (Wildman–Crippen LogP) is 1.50. The highest BCUT2D eigenvalue weighted by molar-refractivity contribution is 5.74. The molecule has 0 aliphatic carbocycles. The van der Waals surface area contributed by atoms with Crippen LogP contribution < -0.4 is 10.1 Å². The summed E-state index contributed by atoms with van der Waals surface area (Å²) in [6.45, 7) is 2.55. The highest BCUT2D eigenvalue weighted by atomic mass is 16.5. The van der Waals surface area contributed by atoms with Gasteiger partial charge in [-0.05, 0) is 24.6 Å². The Morgan fingerprint density at radius 3 is 2.86 bits per heavy atom. The molecule has 0 saturated carbocycles. The number of carboxylic acid groups (broad SMARTS) is 1. The number of fused-ring (bicyclic) bond motifs is 1. The molecule has 6 heteroatoms. The van der Waals surface area contributed by atoms with Crippen molar-refractivity contribution in [1.82, 2.24) is 15.3 Å². The van der Waals surface area contributed by atoms with Crippen molar-refractivity contribution >= 4 is 5.97 Å². The molecule has 2 heterocycles. The van der Waals surface area contributed by atoms with Gasteiger partial charge in [-0.1, -0.05) is 12.1 Å². The first-order valence-electron chi connectivity index (χ1n) is 6.92. The Morgan fingerprint density at radius 2 is 2.19 bits per heavy atom. The average molecular weight is 287 g/mol. The van der Waals surface area contributed by atoms with Crippen LogP contribution in [0.25, 0.3) is 0 Å². The van der Waals surface area contributed by atoms with Gasteiger partial charge in [-0.2, -0.15) is 0 Å². The van der Waals surface area contributed by atoms with Crippen LogP contribution in [0.3, 0.4) is 0 Å². The number of nitrogens with zero attached hydrogens (tertiary/aromatic N) is 1. The van der Waals surface area contributed by atoms with Crippen LogP contribution in [0.4, 0.5) is 0 Å². The molecule has 0 saturated heterocycles. The van der Waals surface area contributed by atoms with Gasteiger partial charge in [-0.15, -0.1) is 0 Å². The maximum atomic E-state index is 11.3. The third-order valence-corrected chi connectivity index (χ3v) is 3.62. The fourth-order valence-electron chi connectivity index (χ4n) is 2.62. The second kappa shape index (κ2) is 5.57. The molecule has 2 atom stereocenters. The Labute approximate surface area is 122 Å². The van der Waals surface area contributed by atoms with Crippen molar-refractivity contribution in [1.29, 1.82) is 0 Å². The number of carbonyl (C=O) groups is 1. The lowest BCUT2D eigenvalue weighted by Gasteiger charge is -2.28. The molecule has 2 aromatic rings. The maximum Gasteiger partial charge on any atom is 0.321 e. The van der Waals surface area contributed by atoms with E-state index in [1.807, 2.05) is 31.2 Å². The summed E-state index contributed by atoms with van der Waals surface area (Å²) in [7, 11) is 0. The average Bonchev–Trinajstić information content (AvgIpc) is 2.95. The van der Waals surface area contributed by atoms with Gasteiger partial charge in [0.1, 0.15) is 11.8 Å². The zero-order valence-corrected chi connectivity index (χ0v) is 11.7. The third kappa shape index (κ3) is 2.62. The summed E-state index contributed by atoms with van der Waals surface area (Å²) in [5, 5.41) is 12.4. The molecule has 1 aliphatic heterocycles. The first kappa shape index (κ1) is 13.6. The standard InChI is InChI=1S/C15H17N3O3/c1-2-21-10-5-3-9(4-6-10)13-14-11(16-8-17-14)7-12(18-13)15(19)20/h3-6,8,12-13,18H,2,7H2,1H3,(H,16,17)(H,19,20)/t12-,13+/m1/s1. The number of hydrogen-bond acceptors (Lipinski definition) is 4. The molecule has 1 aromatic heterocycles. The molecular formula is C15H17N3O3. The molecule has 0 fully saturated rings. The van der Waals surface area contributed by atoms with Crippen molar-refractivity contribution in [2.45, 2.75) is 25.4 Å². The fourth-order valence-corrected chi connectivity index (χ4v) is 2.62. The van der Waals surface area contributed by atoms with E-state index < -0.39 is 12.0 Å². The third-order valence-electron chi connectivity index (χ3n) is 3.62. The molecule has 6 nitrogen and oxygen atoms in total. The largest absolute Gasteiger partial charge is 0.494 e. The zero-order chi connectivity index (χ0) is 14.8. The number of nitrogens with one attached hydrogen (secondary N) is 2. The van der Waals surface area contributed by atoms with E-state index in [4.69, 9.17) is 4.74 Å². The Bertz CT molecular complexity index is 636. The van der Waals surface area contributed by atoms with Crippen LogP contribution in [0.5, 0.6) is 5.75 Å². The molecular weight excluding hydrogens is 270 g/mol. The molecule has 21 heavy (non-hydrogen) atoms. The number of rotatable bonds is 4. The summed E-state index contributed by atoms with van der Waals surface area (Å²) in [4.78, 5) is 18.6. The maximum absolute atomic E-state index is 11.3. The molecule has 3 N–H and O–H groups in total. The number of carboxylic acids is 1. The summed E-state index contributed by atoms with van der Waals surface area (Å²) in [5.74, 6) is -0.0553. The fraction of sp³-hybridized carbons (Fsp3) is 0.333. The highest BCUT2D eigenvalue weighted by Gasteiger charge is 2.33. The lowest BCUT2D eigenvalue weighted by atomic mass is 9.94. The van der Waals surface area contributed by atoms with Gasteiger partial charge >= 0.3 is 5.97 Å². The van der Waals surface area contributed by atoms with Gasteiger partial charge in [0.15, 0.2) is 0 Å². The van der Waals surface area contributed by atoms with Gasteiger partial charge in [0.2, 0.25) is 0 Å². The van der Waals surface area contributed by atoms with E-state index in [1.54, 1.807) is 6.33 Å². The summed E-state index contributed by atoms with van der Waals surface area (Å²) in [5.41, 5.74) is 2.70. The van der Waals surface area contributed by atoms with E-state index in [0.29, 0.717) is 13.0 Å². The van der Waals surface area contributed by atoms with Crippen LogP contribution in [0.15, 0.2) is 30.6 Å². The Balaban J connectivity index is 1.91. The molecule has 0 unspecified atom stereocenters. The van der Waals surface area contributed by atoms with Crippen LogP contribution in [-0.4, -0.2) is 33.7 Å². The SMILES string of the molecule is CCOc1ccc([C@@H]2N[C@@H](C(=O)O)Cc3[nH]cnc32)cc1. The molecule has 0 bridgehead atoms. The van der Waals surface area contributed by atoms with E-state index in [0.717, 1.165) is 22.7 Å². The van der Waals surface area contributed by atoms with Gasteiger partial charge < -0.3 is 14.8 Å². The van der Waals surface area contributed by atoms with Crippen LogP contribution in [-0.2, 0) is 11.2 Å². The van der Waals surface area contributed by atoms with Gasteiger partial charge in [-0.25, -0.2) is 4.98 Å². The molecule has 0 amide bonds. The van der Waals surface area contributed by atoms with E-state index >= 15 is 0 Å². The van der Waals surface area contributed by atoms with Crippen LogP contribution >= 0.6 is 0 Å². The number of aromatic nitrogens is 2. The first-order valence-corrected chi connectivity index (χ1v) is 6.92. The lowest BCUT2D eigenvalue weighted by molar-refractivity contribution is -0.139. The van der Waals surface area contributed by atoms with E-state index in [-0.39, 0.29) is 6.04 Å². The molecule has 3 rings (SSSR count). The smallest absolute Gasteiger partial charge is 0.321 e. The summed E-state index contributed by atoms with van der Waals surface area (Å²) < 4.78 is 5.43. The van der Waals surface area contributed by atoms with Crippen LogP contribution in [0, 0.1) is 0 Å². The van der Waals surface area contributed by atoms with Crippen molar-refractivity contribution in [3.63, 3.8) is 0 Å². The molecule has 0 radical (unpaired) electrons. The minimum absolute atomic E-state index is 0.225. The number of benzene rings is 1. The topological polar surface area (TPSA) is 87.2 Å². The second-order valence-electron chi connectivity index (χ2n) is 4.96. The monoisotopic (exact) mass is 287 g/mol. The van der Waals surface area contributed by atoms with E-state index in [9.17, 15) is 9.90 Å². The van der Waals surface area contributed by atoms with Gasteiger partial charge in [0.25, 0.3) is 0 Å². The van der Waals surface area contributed by atoms with Crippen molar-refractivity contribution < 1.29 is 14.6 Å². The van der Waals surface area contributed by atoms with Crippen molar-refractivity contribution in [3.05, 3.63) is 47.5 Å². The van der Waals surface area contributed by atoms with Crippen molar-refractivity contribution in [2.75, 3.05) is 6.61 Å². The molecule has 1 aromatic carbocycles. The Morgan fingerprint density at radius 1 is 1.43 bits per heavy atom. The number of imidazole rings is 1. The zero-order valence-electron chi connectivity index (χ0n) is 11.7. The minimum atomic E-state index is -0.855. The van der Waals surface area contributed by atoms with E-state index in [2.05, 4.69) is 15.3 Å². The predicted molar refractivity (Wildman–Crippen MR) is 76.3 cm³/mol. The number of aromatic amines is 1. The van der Waals surface area contributed by atoms with Crippen LogP contribution in [0.1, 0.15) is 29.9 Å². The quantitative estimate of drug-likeness (QED) is 0.793. The second-order valence-corrected chi connectivity index (χ2v) is 4.96. The first-order chi connectivity index (χ1) is 10.2. The minimum Gasteiger partial charge on any atom is -0.494 e. The highest BCUT2D eigenvalue weighted by Crippen LogP contribution is 2.29. The lowest BCUT2D eigenvalue weighted by Crippen LogP contribution is -2.45. The number of ether oxygens (including phenoxy) is 1. The molecule has 0 spiro atoms. The normalized spacial score (nSPS) is 20.8. The summed E-state index contributed by atoms with van der Waals surface area (Å²) in [6.07, 6.45) is 2.02. The number of hydrogen-bond donors (Lipinski definition) is 3. The molecule has 110 valence electrons.